The second-order valence-electron chi connectivity index (χ2n) is 3.75. The summed E-state index contributed by atoms with van der Waals surface area (Å²) < 4.78 is 6.12. The van der Waals surface area contributed by atoms with E-state index in [0.717, 1.165) is 17.1 Å². The van der Waals surface area contributed by atoms with Crippen molar-refractivity contribution < 1.29 is 4.42 Å². The Morgan fingerprint density at radius 2 is 2.00 bits per heavy atom. The molecular formula is C10H15BrN2O. The van der Waals surface area contributed by atoms with Crippen molar-refractivity contribution in [2.24, 2.45) is 0 Å². The second kappa shape index (κ2) is 4.94. The van der Waals surface area contributed by atoms with Gasteiger partial charge in [-0.15, -0.1) is 0 Å². The maximum Gasteiger partial charge on any atom is 0.209 e. The van der Waals surface area contributed by atoms with E-state index in [1.54, 1.807) is 6.20 Å². The lowest BCUT2D eigenvalue weighted by molar-refractivity contribution is 0.246. The zero-order chi connectivity index (χ0) is 9.80. The summed E-state index contributed by atoms with van der Waals surface area (Å²) in [4.78, 5) is 6.61. The fourth-order valence-corrected chi connectivity index (χ4v) is 2.14. The summed E-state index contributed by atoms with van der Waals surface area (Å²) in [6, 6.07) is 0. The number of rotatable bonds is 2. The lowest BCUT2D eigenvalue weighted by Gasteiger charge is -2.16. The van der Waals surface area contributed by atoms with Gasteiger partial charge in [0, 0.05) is 0 Å². The van der Waals surface area contributed by atoms with Gasteiger partial charge in [-0.05, 0) is 41.9 Å². The maximum atomic E-state index is 5.39. The molecule has 78 valence electrons. The van der Waals surface area contributed by atoms with Gasteiger partial charge in [0.05, 0.1) is 12.7 Å². The van der Waals surface area contributed by atoms with E-state index in [0.29, 0.717) is 0 Å². The largest absolute Gasteiger partial charge is 0.433 e. The molecule has 0 N–H and O–H groups in total. The van der Waals surface area contributed by atoms with Crippen LogP contribution in [0.4, 0.5) is 0 Å². The normalized spacial score (nSPS) is 19.5. The molecule has 1 aromatic rings. The van der Waals surface area contributed by atoms with Crippen LogP contribution in [0.15, 0.2) is 15.3 Å². The third kappa shape index (κ3) is 2.82. The monoisotopic (exact) mass is 258 g/mol. The van der Waals surface area contributed by atoms with E-state index >= 15 is 0 Å². The Labute approximate surface area is 92.6 Å². The number of hydrogen-bond acceptors (Lipinski definition) is 3. The summed E-state index contributed by atoms with van der Waals surface area (Å²) in [5.41, 5.74) is 0. The SMILES string of the molecule is Brc1cnc(CN2CCCCCC2)o1. The smallest absolute Gasteiger partial charge is 0.209 e. The standard InChI is InChI=1S/C10H15BrN2O/c11-9-7-12-10(14-9)8-13-5-3-1-2-4-6-13/h7H,1-6,8H2. The van der Waals surface area contributed by atoms with Crippen molar-refractivity contribution in [1.29, 1.82) is 0 Å². The molecule has 1 aliphatic rings. The van der Waals surface area contributed by atoms with Crippen LogP contribution in [0.2, 0.25) is 0 Å². The highest BCUT2D eigenvalue weighted by Gasteiger charge is 2.11. The van der Waals surface area contributed by atoms with Crippen molar-refractivity contribution >= 4 is 15.9 Å². The average molecular weight is 259 g/mol. The van der Waals surface area contributed by atoms with E-state index in [9.17, 15) is 0 Å². The van der Waals surface area contributed by atoms with E-state index in [4.69, 9.17) is 4.42 Å². The zero-order valence-corrected chi connectivity index (χ0v) is 9.79. The molecule has 4 heteroatoms. The first kappa shape index (κ1) is 10.2. The highest BCUT2D eigenvalue weighted by atomic mass is 79.9. The van der Waals surface area contributed by atoms with Crippen LogP contribution in [0.1, 0.15) is 31.6 Å². The zero-order valence-electron chi connectivity index (χ0n) is 8.21. The van der Waals surface area contributed by atoms with Crippen molar-refractivity contribution in [1.82, 2.24) is 9.88 Å². The highest BCUT2D eigenvalue weighted by Crippen LogP contribution is 2.15. The summed E-state index contributed by atoms with van der Waals surface area (Å²) in [5.74, 6) is 0.818. The molecule has 0 saturated carbocycles. The van der Waals surface area contributed by atoms with Crippen LogP contribution >= 0.6 is 15.9 Å². The summed E-state index contributed by atoms with van der Waals surface area (Å²) in [5, 5.41) is 0. The Morgan fingerprint density at radius 3 is 2.57 bits per heavy atom. The number of oxazole rings is 1. The lowest BCUT2D eigenvalue weighted by Crippen LogP contribution is -2.24. The number of hydrogen-bond donors (Lipinski definition) is 0. The minimum absolute atomic E-state index is 0.724. The van der Waals surface area contributed by atoms with Crippen molar-refractivity contribution in [2.45, 2.75) is 32.2 Å². The van der Waals surface area contributed by atoms with Crippen LogP contribution in [0.5, 0.6) is 0 Å². The Hall–Kier alpha value is -0.350. The van der Waals surface area contributed by atoms with Crippen molar-refractivity contribution in [3.05, 3.63) is 16.8 Å². The van der Waals surface area contributed by atoms with Crippen LogP contribution in [0.3, 0.4) is 0 Å². The molecule has 0 spiro atoms. The van der Waals surface area contributed by atoms with Crippen LogP contribution in [0.25, 0.3) is 0 Å². The Morgan fingerprint density at radius 1 is 1.29 bits per heavy atom. The Balaban J connectivity index is 1.89. The summed E-state index contributed by atoms with van der Waals surface area (Å²) in [6.45, 7) is 3.21. The van der Waals surface area contributed by atoms with E-state index in [1.807, 2.05) is 0 Å². The minimum Gasteiger partial charge on any atom is -0.433 e. The fourth-order valence-electron chi connectivity index (χ4n) is 1.85. The quantitative estimate of drug-likeness (QED) is 0.817. The van der Waals surface area contributed by atoms with Gasteiger partial charge in [-0.2, -0.15) is 0 Å². The van der Waals surface area contributed by atoms with Crippen LogP contribution in [0, 0.1) is 0 Å². The summed E-state index contributed by atoms with van der Waals surface area (Å²) >= 11 is 3.26. The molecule has 1 aliphatic heterocycles. The van der Waals surface area contributed by atoms with Gasteiger partial charge in [-0.25, -0.2) is 4.98 Å². The molecule has 14 heavy (non-hydrogen) atoms. The first-order chi connectivity index (χ1) is 6.84. The first-order valence-corrected chi connectivity index (χ1v) is 5.96. The summed E-state index contributed by atoms with van der Waals surface area (Å²) in [7, 11) is 0. The van der Waals surface area contributed by atoms with Crippen LogP contribution < -0.4 is 0 Å². The number of aromatic nitrogens is 1. The van der Waals surface area contributed by atoms with E-state index in [2.05, 4.69) is 25.8 Å². The molecule has 0 radical (unpaired) electrons. The topological polar surface area (TPSA) is 29.3 Å². The van der Waals surface area contributed by atoms with Crippen molar-refractivity contribution in [3.8, 4) is 0 Å². The van der Waals surface area contributed by atoms with E-state index < -0.39 is 0 Å². The molecule has 2 rings (SSSR count). The number of nitrogens with zero attached hydrogens (tertiary/aromatic N) is 2. The molecule has 3 nitrogen and oxygen atoms in total. The molecule has 0 unspecified atom stereocenters. The molecule has 1 saturated heterocycles. The van der Waals surface area contributed by atoms with Gasteiger partial charge in [0.25, 0.3) is 0 Å². The van der Waals surface area contributed by atoms with Crippen LogP contribution in [-0.2, 0) is 6.54 Å². The second-order valence-corrected chi connectivity index (χ2v) is 4.53. The predicted molar refractivity (Wildman–Crippen MR) is 57.9 cm³/mol. The van der Waals surface area contributed by atoms with Gasteiger partial charge in [0.1, 0.15) is 0 Å². The average Bonchev–Trinajstić information content (AvgIpc) is 2.43. The van der Waals surface area contributed by atoms with Gasteiger partial charge >= 0.3 is 0 Å². The number of likely N-dealkylation sites (tertiary alicyclic amines) is 1. The van der Waals surface area contributed by atoms with Crippen molar-refractivity contribution in [3.63, 3.8) is 0 Å². The highest BCUT2D eigenvalue weighted by molar-refractivity contribution is 9.10. The van der Waals surface area contributed by atoms with E-state index in [-0.39, 0.29) is 0 Å². The van der Waals surface area contributed by atoms with Gasteiger partial charge in [0.15, 0.2) is 4.67 Å². The third-order valence-electron chi connectivity index (χ3n) is 2.58. The molecule has 1 aromatic heterocycles. The van der Waals surface area contributed by atoms with Gasteiger partial charge < -0.3 is 4.42 Å². The Kier molecular flexibility index (Phi) is 3.59. The molecule has 0 aliphatic carbocycles. The van der Waals surface area contributed by atoms with Gasteiger partial charge in [-0.3, -0.25) is 4.90 Å². The van der Waals surface area contributed by atoms with Gasteiger partial charge in [-0.1, -0.05) is 12.8 Å². The third-order valence-corrected chi connectivity index (χ3v) is 2.95. The lowest BCUT2D eigenvalue weighted by atomic mass is 10.2. The number of halogens is 1. The molecule has 0 aromatic carbocycles. The molecule has 0 atom stereocenters. The predicted octanol–water partition coefficient (Wildman–Crippen LogP) is 2.81. The molecule has 0 amide bonds. The first-order valence-electron chi connectivity index (χ1n) is 5.17. The minimum atomic E-state index is 0.724. The molecule has 2 heterocycles. The molecular weight excluding hydrogens is 244 g/mol. The fraction of sp³-hybridized carbons (Fsp3) is 0.700. The molecule has 0 bridgehead atoms. The van der Waals surface area contributed by atoms with Crippen molar-refractivity contribution in [2.75, 3.05) is 13.1 Å². The maximum absolute atomic E-state index is 5.39. The van der Waals surface area contributed by atoms with Crippen LogP contribution in [-0.4, -0.2) is 23.0 Å². The summed E-state index contributed by atoms with van der Waals surface area (Å²) in [6.07, 6.45) is 7.06. The Bertz CT molecular complexity index is 279. The molecule has 1 fully saturated rings. The van der Waals surface area contributed by atoms with E-state index in [1.165, 1.54) is 38.8 Å². The van der Waals surface area contributed by atoms with Gasteiger partial charge in [0.2, 0.25) is 5.89 Å².